The molecule has 22 heavy (non-hydrogen) atoms. The Balaban J connectivity index is 2.56. The number of halogens is 1. The molecule has 0 aliphatic carbocycles. The number of aliphatic hydroxyl groups is 2. The van der Waals surface area contributed by atoms with E-state index in [1.165, 1.54) is 16.8 Å². The first-order chi connectivity index (χ1) is 10.5. The number of nitrogen functional groups attached to an aromatic ring is 1. The molecule has 1 aliphatic rings. The van der Waals surface area contributed by atoms with E-state index in [1.807, 2.05) is 0 Å². The molecule has 0 spiro atoms. The molecule has 1 saturated heterocycles. The van der Waals surface area contributed by atoms with Gasteiger partial charge in [0.25, 0.3) is 5.62 Å². The van der Waals surface area contributed by atoms with Gasteiger partial charge in [0.15, 0.2) is 0 Å². The molecule has 1 fully saturated rings. The molecule has 0 amide bonds. The minimum atomic E-state index is -1.52. The number of nitrogens with zero attached hydrogens (tertiary/aromatic N) is 6. The van der Waals surface area contributed by atoms with Crippen LogP contribution in [-0.4, -0.2) is 55.2 Å². The first-order valence-electron chi connectivity index (χ1n) is 6.12. The molecular weight excluding hydrogens is 318 g/mol. The lowest BCUT2D eigenvalue weighted by Crippen LogP contribution is -2.47. The van der Waals surface area contributed by atoms with Crippen molar-refractivity contribution in [1.29, 1.82) is 0 Å². The lowest BCUT2D eigenvalue weighted by atomic mass is 9.97. The zero-order valence-corrected chi connectivity index (χ0v) is 11.9. The molecule has 2 rings (SSSR count). The number of hydrogen-bond donors (Lipinski definition) is 4. The van der Waals surface area contributed by atoms with E-state index in [1.54, 1.807) is 0 Å². The van der Waals surface area contributed by atoms with E-state index < -0.39 is 30.6 Å². The summed E-state index contributed by atoms with van der Waals surface area (Å²) in [7, 11) is 0. The molecule has 5 N–H and O–H groups in total. The van der Waals surface area contributed by atoms with Gasteiger partial charge in [-0.2, -0.15) is 4.98 Å². The van der Waals surface area contributed by atoms with Crippen LogP contribution in [0.4, 0.5) is 5.82 Å². The Labute approximate surface area is 128 Å². The van der Waals surface area contributed by atoms with Crippen LogP contribution in [0.25, 0.3) is 10.4 Å². The van der Waals surface area contributed by atoms with Gasteiger partial charge in [0.05, 0.1) is 18.6 Å². The van der Waals surface area contributed by atoms with Crippen molar-refractivity contribution in [2.24, 2.45) is 10.3 Å². The van der Waals surface area contributed by atoms with E-state index in [-0.39, 0.29) is 17.3 Å². The van der Waals surface area contributed by atoms with E-state index >= 15 is 0 Å². The van der Waals surface area contributed by atoms with Crippen LogP contribution >= 0.6 is 11.6 Å². The molecule has 1 unspecified atom stereocenters. The molecule has 11 nitrogen and oxygen atoms in total. The lowest BCUT2D eigenvalue weighted by molar-refractivity contribution is -0.115. The molecular formula is C10H14ClN7O4. The molecule has 0 radical (unpaired) electrons. The van der Waals surface area contributed by atoms with Gasteiger partial charge >= 0.3 is 0 Å². The van der Waals surface area contributed by atoms with Crippen molar-refractivity contribution in [3.05, 3.63) is 28.3 Å². The quantitative estimate of drug-likeness (QED) is 0.141. The molecule has 0 bridgehead atoms. The fraction of sp³-hybridized carbons (Fsp3) is 0.600. The summed E-state index contributed by atoms with van der Waals surface area (Å²) in [6.07, 6.45) is -1.07. The van der Waals surface area contributed by atoms with Gasteiger partial charge in [0.1, 0.15) is 23.7 Å². The summed E-state index contributed by atoms with van der Waals surface area (Å²) in [5, 5.41) is 35.3. The molecule has 0 aromatic carbocycles. The van der Waals surface area contributed by atoms with Crippen LogP contribution in [-0.2, 0) is 4.74 Å². The Morgan fingerprint density at radius 1 is 1.64 bits per heavy atom. The standard InChI is InChI=1S/C10H14ClN7O4/c11-3-10(4-19)7(20)6(15-17-13)8(22-10)18-2-1-5(12)14-9(18)16-21/h1-2,6-8,19-21H,3-4H2,(H2,12,14,16)/t6?,7-,8+,10+/m0/s1. The topological polar surface area (TPSA) is 175 Å². The fourth-order valence-corrected chi connectivity index (χ4v) is 2.54. The van der Waals surface area contributed by atoms with Gasteiger partial charge in [-0.05, 0) is 16.8 Å². The van der Waals surface area contributed by atoms with Gasteiger partial charge in [-0.15, -0.1) is 11.6 Å². The van der Waals surface area contributed by atoms with Crippen molar-refractivity contribution < 1.29 is 20.2 Å². The van der Waals surface area contributed by atoms with Crippen molar-refractivity contribution in [3.8, 4) is 0 Å². The van der Waals surface area contributed by atoms with E-state index in [2.05, 4.69) is 20.2 Å². The Morgan fingerprint density at radius 3 is 2.91 bits per heavy atom. The highest BCUT2D eigenvalue weighted by molar-refractivity contribution is 6.18. The molecule has 1 aromatic heterocycles. The highest BCUT2D eigenvalue weighted by atomic mass is 35.5. The Kier molecular flexibility index (Phi) is 4.74. The fourth-order valence-electron chi connectivity index (χ4n) is 2.24. The van der Waals surface area contributed by atoms with E-state index in [0.717, 1.165) is 0 Å². The molecule has 4 atom stereocenters. The van der Waals surface area contributed by atoms with Crippen LogP contribution in [0.3, 0.4) is 0 Å². The third kappa shape index (κ3) is 2.56. The zero-order chi connectivity index (χ0) is 16.3. The number of rotatable bonds is 4. The van der Waals surface area contributed by atoms with Crippen LogP contribution in [0, 0.1) is 0 Å². The minimum Gasteiger partial charge on any atom is -0.408 e. The van der Waals surface area contributed by atoms with Crippen molar-refractivity contribution in [3.63, 3.8) is 0 Å². The average Bonchev–Trinajstić information content (AvgIpc) is 2.81. The third-order valence-electron chi connectivity index (χ3n) is 3.42. The van der Waals surface area contributed by atoms with Gasteiger partial charge in [-0.25, -0.2) is 0 Å². The smallest absolute Gasteiger partial charge is 0.270 e. The number of aromatic nitrogens is 2. The van der Waals surface area contributed by atoms with Crippen molar-refractivity contribution in [2.75, 3.05) is 18.2 Å². The summed E-state index contributed by atoms with van der Waals surface area (Å²) in [5.74, 6) is -0.151. The molecule has 120 valence electrons. The zero-order valence-electron chi connectivity index (χ0n) is 11.2. The van der Waals surface area contributed by atoms with Gasteiger partial charge in [0.2, 0.25) is 0 Å². The maximum atomic E-state index is 10.3. The van der Waals surface area contributed by atoms with Gasteiger partial charge in [-0.1, -0.05) is 5.11 Å². The normalized spacial score (nSPS) is 32.0. The number of aliphatic hydroxyl groups excluding tert-OH is 2. The van der Waals surface area contributed by atoms with E-state index in [0.29, 0.717) is 0 Å². The van der Waals surface area contributed by atoms with Crippen molar-refractivity contribution >= 4 is 17.4 Å². The molecule has 1 aliphatic heterocycles. The lowest BCUT2D eigenvalue weighted by Gasteiger charge is -2.27. The number of azide groups is 1. The Morgan fingerprint density at radius 2 is 2.36 bits per heavy atom. The van der Waals surface area contributed by atoms with E-state index in [9.17, 15) is 10.2 Å². The number of alkyl halides is 1. The summed E-state index contributed by atoms with van der Waals surface area (Å²) < 4.78 is 6.82. The molecule has 0 saturated carbocycles. The highest BCUT2D eigenvalue weighted by Gasteiger charge is 2.54. The predicted molar refractivity (Wildman–Crippen MR) is 73.6 cm³/mol. The predicted octanol–water partition coefficient (Wildman–Crippen LogP) is -0.706. The Bertz CT molecular complexity index is 655. The second kappa shape index (κ2) is 6.38. The van der Waals surface area contributed by atoms with Crippen LogP contribution in [0.2, 0.25) is 0 Å². The van der Waals surface area contributed by atoms with Crippen LogP contribution in [0.5, 0.6) is 0 Å². The van der Waals surface area contributed by atoms with Crippen LogP contribution in [0.1, 0.15) is 6.23 Å². The first kappa shape index (κ1) is 16.3. The third-order valence-corrected chi connectivity index (χ3v) is 3.87. The van der Waals surface area contributed by atoms with Crippen LogP contribution < -0.4 is 11.4 Å². The maximum absolute atomic E-state index is 10.3. The Hall–Kier alpha value is -2.04. The first-order valence-corrected chi connectivity index (χ1v) is 6.66. The SMILES string of the molecule is [N-]=[N+]=NC1[C@H](n2ccc(N)n/c2=N\O)O[C@@](CO)(CCl)[C@H]1O. The number of nitrogens with two attached hydrogens (primary N) is 1. The van der Waals surface area contributed by atoms with Crippen LogP contribution in [0.15, 0.2) is 22.5 Å². The largest absolute Gasteiger partial charge is 0.408 e. The second-order valence-electron chi connectivity index (χ2n) is 4.66. The van der Waals surface area contributed by atoms with Crippen molar-refractivity contribution in [1.82, 2.24) is 9.55 Å². The van der Waals surface area contributed by atoms with E-state index in [4.69, 9.17) is 32.8 Å². The highest BCUT2D eigenvalue weighted by Crippen LogP contribution is 2.39. The summed E-state index contributed by atoms with van der Waals surface area (Å²) in [4.78, 5) is 6.45. The monoisotopic (exact) mass is 331 g/mol. The minimum absolute atomic E-state index is 0.0914. The molecule has 1 aromatic rings. The summed E-state index contributed by atoms with van der Waals surface area (Å²) in [6.45, 7) is -0.597. The van der Waals surface area contributed by atoms with Gasteiger partial charge in [-0.3, -0.25) is 4.57 Å². The average molecular weight is 332 g/mol. The second-order valence-corrected chi connectivity index (χ2v) is 4.93. The number of ether oxygens (including phenoxy) is 1. The number of anilines is 1. The van der Waals surface area contributed by atoms with Crippen molar-refractivity contribution in [2.45, 2.75) is 24.0 Å². The summed E-state index contributed by atoms with van der Waals surface area (Å²) >= 11 is 5.78. The molecule has 12 heteroatoms. The maximum Gasteiger partial charge on any atom is 0.270 e. The summed E-state index contributed by atoms with van der Waals surface area (Å²) in [5.41, 5.74) is 12.4. The summed E-state index contributed by atoms with van der Waals surface area (Å²) in [6, 6.07) is 0.281. The molecule has 2 heterocycles. The van der Waals surface area contributed by atoms with Gasteiger partial charge in [0, 0.05) is 11.1 Å². The van der Waals surface area contributed by atoms with Gasteiger partial charge < -0.3 is 25.9 Å². The number of hydrogen-bond acceptors (Lipinski definition) is 8.